The first-order valence-corrected chi connectivity index (χ1v) is 13.9. The molecule has 1 aliphatic carbocycles. The lowest BCUT2D eigenvalue weighted by atomic mass is 10.2. The first-order valence-electron chi connectivity index (χ1n) is 10.5. The second-order valence-corrected chi connectivity index (χ2v) is 12.7. The van der Waals surface area contributed by atoms with Crippen LogP contribution in [0.4, 0.5) is 0 Å². The lowest BCUT2D eigenvalue weighted by molar-refractivity contribution is -0.135. The molecule has 2 aliphatic heterocycles. The molecule has 1 atom stereocenters. The fraction of sp³-hybridized carbons (Fsp3) is 0.650. The van der Waals surface area contributed by atoms with Crippen molar-refractivity contribution in [3.8, 4) is 0 Å². The number of benzene rings is 1. The molecule has 0 radical (unpaired) electrons. The number of nitrogens with zero attached hydrogens (tertiary/aromatic N) is 3. The Balaban J connectivity index is 1.31. The van der Waals surface area contributed by atoms with Gasteiger partial charge in [-0.05, 0) is 24.8 Å². The highest BCUT2D eigenvalue weighted by Crippen LogP contribution is 2.32. The zero-order valence-corrected chi connectivity index (χ0v) is 18.7. The van der Waals surface area contributed by atoms with Crippen LogP contribution in [0, 0.1) is 0 Å². The van der Waals surface area contributed by atoms with Crippen molar-refractivity contribution in [3.63, 3.8) is 0 Å². The molecule has 2 saturated heterocycles. The van der Waals surface area contributed by atoms with E-state index >= 15 is 0 Å². The van der Waals surface area contributed by atoms with Crippen molar-refractivity contribution in [1.82, 2.24) is 14.1 Å². The third-order valence-corrected chi connectivity index (χ3v) is 9.71. The average molecular weight is 456 g/mol. The summed E-state index contributed by atoms with van der Waals surface area (Å²) >= 11 is 0. The molecule has 1 aromatic rings. The number of piperazine rings is 1. The Morgan fingerprint density at radius 2 is 1.67 bits per heavy atom. The van der Waals surface area contributed by atoms with Crippen molar-refractivity contribution in [2.75, 3.05) is 44.2 Å². The Morgan fingerprint density at radius 3 is 2.23 bits per heavy atom. The maximum atomic E-state index is 13.0. The fourth-order valence-electron chi connectivity index (χ4n) is 4.37. The summed E-state index contributed by atoms with van der Waals surface area (Å²) in [4.78, 5) is 16.8. The van der Waals surface area contributed by atoms with Crippen molar-refractivity contribution in [1.29, 1.82) is 0 Å². The van der Waals surface area contributed by atoms with Crippen LogP contribution in [0.3, 0.4) is 0 Å². The molecule has 0 spiro atoms. The molecule has 0 aromatic heterocycles. The Morgan fingerprint density at radius 1 is 1.00 bits per heavy atom. The lowest BCUT2D eigenvalue weighted by Crippen LogP contribution is -2.53. The zero-order valence-electron chi connectivity index (χ0n) is 17.0. The summed E-state index contributed by atoms with van der Waals surface area (Å²) in [6, 6.07) is 9.10. The number of hydrogen-bond acceptors (Lipinski definition) is 6. The monoisotopic (exact) mass is 455 g/mol. The van der Waals surface area contributed by atoms with Gasteiger partial charge in [0, 0.05) is 38.3 Å². The summed E-state index contributed by atoms with van der Waals surface area (Å²) in [6.07, 6.45) is 2.40. The molecule has 0 N–H and O–H groups in total. The summed E-state index contributed by atoms with van der Waals surface area (Å²) in [5, 5.41) is 0. The molecular weight excluding hydrogens is 426 g/mol. The van der Waals surface area contributed by atoms with Crippen LogP contribution in [0.5, 0.6) is 0 Å². The Hall–Kier alpha value is -1.49. The molecule has 10 heteroatoms. The van der Waals surface area contributed by atoms with Crippen molar-refractivity contribution in [2.45, 2.75) is 37.1 Å². The van der Waals surface area contributed by atoms with Crippen molar-refractivity contribution < 1.29 is 21.6 Å². The van der Waals surface area contributed by atoms with Crippen LogP contribution in [0.25, 0.3) is 0 Å². The lowest BCUT2D eigenvalue weighted by Gasteiger charge is -2.36. The van der Waals surface area contributed by atoms with Gasteiger partial charge in [-0.3, -0.25) is 9.69 Å². The van der Waals surface area contributed by atoms with Gasteiger partial charge in [0.15, 0.2) is 9.84 Å². The van der Waals surface area contributed by atoms with Crippen LogP contribution in [0.15, 0.2) is 30.3 Å². The number of sulfone groups is 1. The highest BCUT2D eigenvalue weighted by atomic mass is 32.2. The van der Waals surface area contributed by atoms with Gasteiger partial charge in [-0.1, -0.05) is 30.3 Å². The van der Waals surface area contributed by atoms with E-state index in [0.29, 0.717) is 32.6 Å². The maximum absolute atomic E-state index is 13.0. The van der Waals surface area contributed by atoms with Crippen LogP contribution in [0.2, 0.25) is 0 Å². The van der Waals surface area contributed by atoms with Gasteiger partial charge in [0.2, 0.25) is 15.9 Å². The van der Waals surface area contributed by atoms with Crippen molar-refractivity contribution >= 4 is 25.8 Å². The molecule has 1 aromatic carbocycles. The van der Waals surface area contributed by atoms with Gasteiger partial charge in [-0.15, -0.1) is 0 Å². The first-order chi connectivity index (χ1) is 14.2. The van der Waals surface area contributed by atoms with E-state index in [1.807, 2.05) is 40.1 Å². The van der Waals surface area contributed by atoms with Gasteiger partial charge in [0.05, 0.1) is 23.8 Å². The molecule has 1 saturated carbocycles. The van der Waals surface area contributed by atoms with Gasteiger partial charge in [-0.25, -0.2) is 16.8 Å². The molecule has 3 fully saturated rings. The second-order valence-electron chi connectivity index (χ2n) is 8.51. The second kappa shape index (κ2) is 8.57. The standard InChI is InChI=1S/C20H29N3O5S2/c24-20(23(18-6-7-18)19-8-13-29(25,26)16-19)14-21-9-11-22(12-10-21)30(27,28)15-17-4-2-1-3-5-17/h1-5,18-19H,6-16H2/t19-/m0/s1. The van der Waals surface area contributed by atoms with Crippen LogP contribution in [-0.2, 0) is 30.4 Å². The highest BCUT2D eigenvalue weighted by molar-refractivity contribution is 7.91. The number of amides is 1. The van der Waals surface area contributed by atoms with E-state index < -0.39 is 19.9 Å². The number of carbonyl (C=O) groups is 1. The van der Waals surface area contributed by atoms with E-state index in [0.717, 1.165) is 18.4 Å². The fourth-order valence-corrected chi connectivity index (χ4v) is 7.60. The molecule has 1 amide bonds. The average Bonchev–Trinajstić information content (AvgIpc) is 3.45. The predicted octanol–water partition coefficient (Wildman–Crippen LogP) is 0.312. The van der Waals surface area contributed by atoms with Crippen molar-refractivity contribution in [2.24, 2.45) is 0 Å². The minimum atomic E-state index is -3.39. The normalized spacial score (nSPS) is 25.3. The minimum Gasteiger partial charge on any atom is -0.335 e. The third-order valence-electron chi connectivity index (χ3n) is 6.11. The van der Waals surface area contributed by atoms with Crippen LogP contribution in [0.1, 0.15) is 24.8 Å². The number of hydrogen-bond donors (Lipinski definition) is 0. The Labute approximate surface area is 178 Å². The SMILES string of the molecule is O=C(CN1CCN(S(=O)(=O)Cc2ccccc2)CC1)N(C1CC1)[C@H]1CCS(=O)(=O)C1. The van der Waals surface area contributed by atoms with E-state index in [9.17, 15) is 21.6 Å². The minimum absolute atomic E-state index is 0.0155. The number of rotatable bonds is 7. The quantitative estimate of drug-likeness (QED) is 0.587. The number of sulfonamides is 1. The highest BCUT2D eigenvalue weighted by Gasteiger charge is 2.42. The third kappa shape index (κ3) is 5.22. The largest absolute Gasteiger partial charge is 0.335 e. The van der Waals surface area contributed by atoms with E-state index in [1.54, 1.807) is 0 Å². The van der Waals surface area contributed by atoms with Gasteiger partial charge in [-0.2, -0.15) is 4.31 Å². The Bertz CT molecular complexity index is 969. The zero-order chi connectivity index (χ0) is 21.4. The molecular formula is C20H29N3O5S2. The number of carbonyl (C=O) groups excluding carboxylic acids is 1. The van der Waals surface area contributed by atoms with E-state index in [-0.39, 0.29) is 41.8 Å². The summed E-state index contributed by atoms with van der Waals surface area (Å²) in [7, 11) is -6.43. The van der Waals surface area contributed by atoms with Gasteiger partial charge in [0.25, 0.3) is 0 Å². The van der Waals surface area contributed by atoms with Gasteiger partial charge in [0.1, 0.15) is 0 Å². The molecule has 166 valence electrons. The molecule has 3 aliphatic rings. The van der Waals surface area contributed by atoms with Crippen LogP contribution < -0.4 is 0 Å². The van der Waals surface area contributed by atoms with Crippen LogP contribution >= 0.6 is 0 Å². The summed E-state index contributed by atoms with van der Waals surface area (Å²) < 4.78 is 50.6. The van der Waals surface area contributed by atoms with E-state index in [2.05, 4.69) is 0 Å². The topological polar surface area (TPSA) is 95.1 Å². The molecule has 0 bridgehead atoms. The summed E-state index contributed by atoms with van der Waals surface area (Å²) in [5.74, 6) is 0.186. The van der Waals surface area contributed by atoms with Crippen molar-refractivity contribution in [3.05, 3.63) is 35.9 Å². The Kier molecular flexibility index (Phi) is 6.20. The molecule has 30 heavy (non-hydrogen) atoms. The van der Waals surface area contributed by atoms with E-state index in [1.165, 1.54) is 4.31 Å². The van der Waals surface area contributed by atoms with Gasteiger partial charge < -0.3 is 4.90 Å². The molecule has 2 heterocycles. The molecule has 0 unspecified atom stereocenters. The predicted molar refractivity (Wildman–Crippen MR) is 114 cm³/mol. The van der Waals surface area contributed by atoms with Crippen LogP contribution in [-0.4, -0.2) is 93.2 Å². The summed E-state index contributed by atoms with van der Waals surface area (Å²) in [5.41, 5.74) is 0.765. The molecule has 4 rings (SSSR count). The maximum Gasteiger partial charge on any atom is 0.237 e. The first kappa shape index (κ1) is 21.7. The summed E-state index contributed by atoms with van der Waals surface area (Å²) in [6.45, 7) is 1.95. The smallest absolute Gasteiger partial charge is 0.237 e. The van der Waals surface area contributed by atoms with E-state index in [4.69, 9.17) is 0 Å². The van der Waals surface area contributed by atoms with Gasteiger partial charge >= 0.3 is 0 Å². The molecule has 8 nitrogen and oxygen atoms in total.